The molecule has 0 saturated heterocycles. The molecule has 106 valence electrons. The standard InChI is InChI=1S/C12H15F2NO3S/c1-12(6-16,7-17)15-11(18)5-19-8-2-3-9(13)10(14)4-8/h2-4,16-17H,5-7H2,1H3,(H,15,18). The number of benzene rings is 1. The molecular weight excluding hydrogens is 276 g/mol. The zero-order valence-corrected chi connectivity index (χ0v) is 11.1. The molecule has 0 aromatic heterocycles. The van der Waals surface area contributed by atoms with Crippen LogP contribution in [0.3, 0.4) is 0 Å². The molecule has 1 aromatic carbocycles. The second kappa shape index (κ2) is 6.83. The lowest BCUT2D eigenvalue weighted by Crippen LogP contribution is -2.52. The van der Waals surface area contributed by atoms with E-state index in [4.69, 9.17) is 10.2 Å². The second-order valence-electron chi connectivity index (χ2n) is 4.29. The molecule has 1 aromatic rings. The quantitative estimate of drug-likeness (QED) is 0.682. The van der Waals surface area contributed by atoms with Crippen LogP contribution in [0, 0.1) is 11.6 Å². The van der Waals surface area contributed by atoms with E-state index in [9.17, 15) is 13.6 Å². The summed E-state index contributed by atoms with van der Waals surface area (Å²) in [5.74, 6) is -2.36. The van der Waals surface area contributed by atoms with Crippen molar-refractivity contribution in [2.75, 3.05) is 19.0 Å². The third kappa shape index (κ3) is 4.77. The average Bonchev–Trinajstić information content (AvgIpc) is 2.40. The van der Waals surface area contributed by atoms with Gasteiger partial charge in [-0.25, -0.2) is 8.78 Å². The van der Waals surface area contributed by atoms with Gasteiger partial charge in [-0.1, -0.05) is 0 Å². The number of halogens is 2. The number of aliphatic hydroxyl groups is 2. The average molecular weight is 291 g/mol. The zero-order chi connectivity index (χ0) is 14.5. The van der Waals surface area contributed by atoms with Crippen LogP contribution in [0.2, 0.25) is 0 Å². The monoisotopic (exact) mass is 291 g/mol. The van der Waals surface area contributed by atoms with Crippen molar-refractivity contribution in [2.24, 2.45) is 0 Å². The van der Waals surface area contributed by atoms with Crippen LogP contribution in [0.5, 0.6) is 0 Å². The lowest BCUT2D eigenvalue weighted by atomic mass is 10.1. The van der Waals surface area contributed by atoms with Gasteiger partial charge in [-0.15, -0.1) is 11.8 Å². The van der Waals surface area contributed by atoms with Crippen LogP contribution in [-0.2, 0) is 4.79 Å². The molecule has 0 aliphatic rings. The third-order valence-electron chi connectivity index (χ3n) is 2.40. The van der Waals surface area contributed by atoms with Gasteiger partial charge in [-0.3, -0.25) is 4.79 Å². The fourth-order valence-electron chi connectivity index (χ4n) is 1.22. The molecule has 0 fully saturated rings. The van der Waals surface area contributed by atoms with Crippen LogP contribution in [0.4, 0.5) is 8.78 Å². The molecule has 1 rings (SSSR count). The normalized spacial score (nSPS) is 11.4. The topological polar surface area (TPSA) is 69.6 Å². The minimum Gasteiger partial charge on any atom is -0.394 e. The van der Waals surface area contributed by atoms with Gasteiger partial charge in [0.15, 0.2) is 11.6 Å². The molecule has 0 atom stereocenters. The van der Waals surface area contributed by atoms with Crippen LogP contribution in [0.25, 0.3) is 0 Å². The van der Waals surface area contributed by atoms with Crippen molar-refractivity contribution in [2.45, 2.75) is 17.4 Å². The maximum absolute atomic E-state index is 12.9. The Hall–Kier alpha value is -1.18. The predicted octanol–water partition coefficient (Wildman–Crippen LogP) is 0.916. The van der Waals surface area contributed by atoms with Crippen molar-refractivity contribution in [1.29, 1.82) is 0 Å². The summed E-state index contributed by atoms with van der Waals surface area (Å²) in [6.07, 6.45) is 0. The lowest BCUT2D eigenvalue weighted by Gasteiger charge is -2.26. The molecule has 0 aliphatic heterocycles. The third-order valence-corrected chi connectivity index (χ3v) is 3.39. The minimum atomic E-state index is -1.09. The van der Waals surface area contributed by atoms with Crippen molar-refractivity contribution in [3.63, 3.8) is 0 Å². The summed E-state index contributed by atoms with van der Waals surface area (Å²) in [4.78, 5) is 12.0. The van der Waals surface area contributed by atoms with E-state index < -0.39 is 36.3 Å². The van der Waals surface area contributed by atoms with Gasteiger partial charge in [0.05, 0.1) is 24.5 Å². The second-order valence-corrected chi connectivity index (χ2v) is 5.34. The molecule has 19 heavy (non-hydrogen) atoms. The van der Waals surface area contributed by atoms with Crippen molar-refractivity contribution in [1.82, 2.24) is 5.32 Å². The van der Waals surface area contributed by atoms with E-state index in [0.29, 0.717) is 4.90 Å². The predicted molar refractivity (Wildman–Crippen MR) is 67.8 cm³/mol. The van der Waals surface area contributed by atoms with E-state index in [2.05, 4.69) is 5.32 Å². The fourth-order valence-corrected chi connectivity index (χ4v) is 1.94. The molecule has 0 saturated carbocycles. The summed E-state index contributed by atoms with van der Waals surface area (Å²) in [6, 6.07) is 3.36. The Morgan fingerprint density at radius 2 is 1.95 bits per heavy atom. The highest BCUT2D eigenvalue weighted by molar-refractivity contribution is 8.00. The Kier molecular flexibility index (Phi) is 5.71. The first-order chi connectivity index (χ1) is 8.90. The molecule has 0 bridgehead atoms. The number of hydrogen-bond donors (Lipinski definition) is 3. The van der Waals surface area contributed by atoms with Crippen molar-refractivity contribution >= 4 is 17.7 Å². The Morgan fingerprint density at radius 1 is 1.32 bits per heavy atom. The van der Waals surface area contributed by atoms with Crippen LogP contribution >= 0.6 is 11.8 Å². The molecular formula is C12H15F2NO3S. The summed E-state index contributed by atoms with van der Waals surface area (Å²) in [6.45, 7) is 0.698. The number of rotatable bonds is 6. The van der Waals surface area contributed by atoms with Crippen molar-refractivity contribution < 1.29 is 23.8 Å². The Morgan fingerprint density at radius 3 is 2.47 bits per heavy atom. The van der Waals surface area contributed by atoms with Crippen LogP contribution in [0.1, 0.15) is 6.92 Å². The van der Waals surface area contributed by atoms with Gasteiger partial charge in [0.25, 0.3) is 0 Å². The van der Waals surface area contributed by atoms with Crippen LogP contribution in [0.15, 0.2) is 23.1 Å². The SMILES string of the molecule is CC(CO)(CO)NC(=O)CSc1ccc(F)c(F)c1. The summed E-state index contributed by atoms with van der Waals surface area (Å²) in [7, 11) is 0. The Bertz CT molecular complexity index is 453. The number of aliphatic hydroxyl groups excluding tert-OH is 2. The van der Waals surface area contributed by atoms with E-state index >= 15 is 0 Å². The first-order valence-electron chi connectivity index (χ1n) is 5.51. The number of nitrogens with one attached hydrogen (secondary N) is 1. The zero-order valence-electron chi connectivity index (χ0n) is 10.3. The van der Waals surface area contributed by atoms with E-state index in [1.807, 2.05) is 0 Å². The van der Waals surface area contributed by atoms with Gasteiger partial charge < -0.3 is 15.5 Å². The molecule has 3 N–H and O–H groups in total. The van der Waals surface area contributed by atoms with Crippen LogP contribution < -0.4 is 5.32 Å². The molecule has 0 spiro atoms. The molecule has 0 aliphatic carbocycles. The number of thioether (sulfide) groups is 1. The van der Waals surface area contributed by atoms with Crippen molar-refractivity contribution in [3.05, 3.63) is 29.8 Å². The lowest BCUT2D eigenvalue weighted by molar-refractivity contribution is -0.121. The molecule has 7 heteroatoms. The van der Waals surface area contributed by atoms with Gasteiger partial charge in [0, 0.05) is 4.90 Å². The molecule has 0 radical (unpaired) electrons. The van der Waals surface area contributed by atoms with Gasteiger partial charge >= 0.3 is 0 Å². The summed E-state index contributed by atoms with van der Waals surface area (Å²) < 4.78 is 25.6. The Balaban J connectivity index is 2.52. The van der Waals surface area contributed by atoms with E-state index in [0.717, 1.165) is 23.9 Å². The number of carbonyl (C=O) groups is 1. The number of amides is 1. The highest BCUT2D eigenvalue weighted by Gasteiger charge is 2.24. The molecule has 0 heterocycles. The first kappa shape index (κ1) is 15.9. The van der Waals surface area contributed by atoms with E-state index in [-0.39, 0.29) is 5.75 Å². The first-order valence-corrected chi connectivity index (χ1v) is 6.49. The largest absolute Gasteiger partial charge is 0.394 e. The smallest absolute Gasteiger partial charge is 0.230 e. The highest BCUT2D eigenvalue weighted by Crippen LogP contribution is 2.20. The number of hydrogen-bond acceptors (Lipinski definition) is 4. The van der Waals surface area contributed by atoms with Gasteiger partial charge in [0.1, 0.15) is 0 Å². The van der Waals surface area contributed by atoms with Gasteiger partial charge in [0.2, 0.25) is 5.91 Å². The van der Waals surface area contributed by atoms with Gasteiger partial charge in [-0.2, -0.15) is 0 Å². The Labute approximate surface area is 113 Å². The summed E-state index contributed by atoms with van der Waals surface area (Å²) in [5.41, 5.74) is -1.09. The number of carbonyl (C=O) groups excluding carboxylic acids is 1. The molecule has 0 unspecified atom stereocenters. The van der Waals surface area contributed by atoms with Crippen LogP contribution in [-0.4, -0.2) is 40.6 Å². The van der Waals surface area contributed by atoms with E-state index in [1.54, 1.807) is 0 Å². The maximum Gasteiger partial charge on any atom is 0.230 e. The molecule has 4 nitrogen and oxygen atoms in total. The van der Waals surface area contributed by atoms with Gasteiger partial charge in [-0.05, 0) is 25.1 Å². The fraction of sp³-hybridized carbons (Fsp3) is 0.417. The maximum atomic E-state index is 12.9. The minimum absolute atomic E-state index is 0.0271. The molecule has 1 amide bonds. The van der Waals surface area contributed by atoms with Crippen molar-refractivity contribution in [3.8, 4) is 0 Å². The van der Waals surface area contributed by atoms with E-state index in [1.165, 1.54) is 13.0 Å². The highest BCUT2D eigenvalue weighted by atomic mass is 32.2. The summed E-state index contributed by atoms with van der Waals surface area (Å²) in [5, 5.41) is 20.5. The summed E-state index contributed by atoms with van der Waals surface area (Å²) >= 11 is 1.03.